The van der Waals surface area contributed by atoms with Crippen LogP contribution in [0, 0.1) is 0 Å². The largest absolute Gasteiger partial charge is 0.351 e. The quantitative estimate of drug-likeness (QED) is 0.374. The number of benzene rings is 1. The minimum Gasteiger partial charge on any atom is -0.351 e. The van der Waals surface area contributed by atoms with Crippen molar-refractivity contribution in [1.82, 2.24) is 30.2 Å². The van der Waals surface area contributed by atoms with Gasteiger partial charge in [0.25, 0.3) is 5.91 Å². The molecule has 0 unspecified atom stereocenters. The summed E-state index contributed by atoms with van der Waals surface area (Å²) in [5.74, 6) is 1.34. The molecular weight excluding hydrogens is 402 g/mol. The Hall–Kier alpha value is -3.78. The van der Waals surface area contributed by atoms with Crippen molar-refractivity contribution in [2.75, 3.05) is 31.5 Å². The third-order valence-corrected chi connectivity index (χ3v) is 5.37. The predicted molar refractivity (Wildman–Crippen MR) is 127 cm³/mol. The summed E-state index contributed by atoms with van der Waals surface area (Å²) >= 11 is 0. The average molecular weight is 430 g/mol. The number of nitrogens with one attached hydrogen (secondary N) is 3. The van der Waals surface area contributed by atoms with E-state index in [4.69, 9.17) is 4.98 Å². The average Bonchev–Trinajstić information content (AvgIpc) is 3.28. The van der Waals surface area contributed by atoms with E-state index in [2.05, 4.69) is 44.3 Å². The maximum atomic E-state index is 12.4. The highest BCUT2D eigenvalue weighted by Crippen LogP contribution is 2.26. The molecule has 4 aromatic rings. The molecule has 32 heavy (non-hydrogen) atoms. The van der Waals surface area contributed by atoms with E-state index < -0.39 is 0 Å². The molecule has 8 nitrogen and oxygen atoms in total. The Bertz CT molecular complexity index is 1170. The van der Waals surface area contributed by atoms with Crippen LogP contribution >= 0.6 is 0 Å². The molecule has 8 heteroatoms. The molecule has 0 saturated carbocycles. The molecule has 0 aliphatic rings. The Morgan fingerprint density at radius 2 is 1.75 bits per heavy atom. The van der Waals surface area contributed by atoms with Gasteiger partial charge >= 0.3 is 0 Å². The molecule has 0 spiro atoms. The number of likely N-dealkylation sites (N-methyl/N-ethyl adjacent to an activating group) is 1. The summed E-state index contributed by atoms with van der Waals surface area (Å²) in [6.07, 6.45) is 5.21. The lowest BCUT2D eigenvalue weighted by atomic mass is 10.2. The van der Waals surface area contributed by atoms with Gasteiger partial charge < -0.3 is 20.5 Å². The Morgan fingerprint density at radius 1 is 1.00 bits per heavy atom. The van der Waals surface area contributed by atoms with Gasteiger partial charge in [-0.1, -0.05) is 13.8 Å². The summed E-state index contributed by atoms with van der Waals surface area (Å²) in [5.41, 5.74) is 4.05. The van der Waals surface area contributed by atoms with E-state index in [1.165, 1.54) is 0 Å². The highest BCUT2D eigenvalue weighted by Gasteiger charge is 2.11. The van der Waals surface area contributed by atoms with Crippen LogP contribution in [0.1, 0.15) is 24.2 Å². The summed E-state index contributed by atoms with van der Waals surface area (Å²) in [5, 5.41) is 6.28. The first-order valence-corrected chi connectivity index (χ1v) is 10.8. The monoisotopic (exact) mass is 429 g/mol. The number of hydrogen-bond donors (Lipinski definition) is 3. The lowest BCUT2D eigenvalue weighted by Crippen LogP contribution is -2.34. The van der Waals surface area contributed by atoms with Crippen LogP contribution in [0.2, 0.25) is 0 Å². The standard InChI is InChI=1S/C24H27N7O/c1-3-31(4-2)16-15-27-24(32)18-5-7-19(8-6-18)28-23-21-20(11-14-26-23)29-22(30-21)17-9-12-25-13-10-17/h5-14H,3-4,15-16H2,1-2H3,(H,26,28)(H,27,32)(H,29,30). The lowest BCUT2D eigenvalue weighted by Gasteiger charge is -2.18. The third kappa shape index (κ3) is 4.92. The van der Waals surface area contributed by atoms with Crippen LogP contribution < -0.4 is 10.6 Å². The van der Waals surface area contributed by atoms with Crippen LogP contribution in [0.3, 0.4) is 0 Å². The van der Waals surface area contributed by atoms with E-state index >= 15 is 0 Å². The maximum absolute atomic E-state index is 12.4. The van der Waals surface area contributed by atoms with Crippen molar-refractivity contribution in [3.8, 4) is 11.4 Å². The molecular formula is C24H27N7O. The number of hydrogen-bond acceptors (Lipinski definition) is 6. The van der Waals surface area contributed by atoms with E-state index in [9.17, 15) is 4.79 Å². The minimum atomic E-state index is -0.0711. The van der Waals surface area contributed by atoms with Gasteiger partial charge in [0.1, 0.15) is 11.3 Å². The Balaban J connectivity index is 1.44. The number of carbonyl (C=O) groups is 1. The van der Waals surface area contributed by atoms with Gasteiger partial charge in [-0.05, 0) is 55.6 Å². The highest BCUT2D eigenvalue weighted by molar-refractivity contribution is 5.95. The first kappa shape index (κ1) is 21.5. The fourth-order valence-electron chi connectivity index (χ4n) is 3.48. The Morgan fingerprint density at radius 3 is 2.47 bits per heavy atom. The van der Waals surface area contributed by atoms with E-state index in [-0.39, 0.29) is 5.91 Å². The number of carbonyl (C=O) groups excluding carboxylic acids is 1. The molecule has 4 rings (SSSR count). The van der Waals surface area contributed by atoms with Crippen LogP contribution in [0.5, 0.6) is 0 Å². The zero-order chi connectivity index (χ0) is 22.3. The van der Waals surface area contributed by atoms with Gasteiger partial charge in [0.05, 0.1) is 5.52 Å². The molecule has 0 atom stereocenters. The number of rotatable bonds is 9. The van der Waals surface area contributed by atoms with Gasteiger partial charge in [0, 0.05) is 48.5 Å². The van der Waals surface area contributed by atoms with Crippen LogP contribution in [0.4, 0.5) is 11.5 Å². The normalized spacial score (nSPS) is 11.1. The van der Waals surface area contributed by atoms with Crippen LogP contribution in [0.25, 0.3) is 22.4 Å². The predicted octanol–water partition coefficient (Wildman–Crippen LogP) is 3.84. The molecule has 164 valence electrons. The van der Waals surface area contributed by atoms with Gasteiger partial charge in [-0.3, -0.25) is 9.78 Å². The number of imidazole rings is 1. The molecule has 1 aromatic carbocycles. The Kier molecular flexibility index (Phi) is 6.72. The summed E-state index contributed by atoms with van der Waals surface area (Å²) in [6, 6.07) is 13.1. The number of anilines is 2. The topological polar surface area (TPSA) is 98.8 Å². The molecule has 0 aliphatic heterocycles. The number of amides is 1. The lowest BCUT2D eigenvalue weighted by molar-refractivity contribution is 0.0949. The first-order valence-electron chi connectivity index (χ1n) is 10.8. The van der Waals surface area contributed by atoms with Crippen molar-refractivity contribution in [1.29, 1.82) is 0 Å². The molecule has 0 radical (unpaired) electrons. The minimum absolute atomic E-state index is 0.0711. The molecule has 3 heterocycles. The summed E-state index contributed by atoms with van der Waals surface area (Å²) in [4.78, 5) is 31.2. The molecule has 0 fully saturated rings. The molecule has 3 N–H and O–H groups in total. The number of aromatic amines is 1. The molecule has 0 saturated heterocycles. The van der Waals surface area contributed by atoms with Crippen molar-refractivity contribution >= 4 is 28.4 Å². The van der Waals surface area contributed by atoms with Crippen molar-refractivity contribution in [2.24, 2.45) is 0 Å². The molecule has 0 bridgehead atoms. The first-order chi connectivity index (χ1) is 15.7. The summed E-state index contributed by atoms with van der Waals surface area (Å²) in [7, 11) is 0. The van der Waals surface area contributed by atoms with E-state index in [1.54, 1.807) is 18.6 Å². The molecule has 3 aromatic heterocycles. The fraction of sp³-hybridized carbons (Fsp3) is 0.250. The van der Waals surface area contributed by atoms with E-state index in [1.807, 2.05) is 42.5 Å². The zero-order valence-corrected chi connectivity index (χ0v) is 18.3. The van der Waals surface area contributed by atoms with Gasteiger partial charge in [0.2, 0.25) is 0 Å². The van der Waals surface area contributed by atoms with Crippen LogP contribution in [-0.2, 0) is 0 Å². The number of H-pyrrole nitrogens is 1. The van der Waals surface area contributed by atoms with Gasteiger partial charge in [-0.15, -0.1) is 0 Å². The molecule has 1 amide bonds. The van der Waals surface area contributed by atoms with Crippen molar-refractivity contribution in [3.63, 3.8) is 0 Å². The number of aromatic nitrogens is 4. The van der Waals surface area contributed by atoms with Gasteiger partial charge in [-0.2, -0.15) is 0 Å². The van der Waals surface area contributed by atoms with E-state index in [0.717, 1.165) is 47.7 Å². The zero-order valence-electron chi connectivity index (χ0n) is 18.3. The maximum Gasteiger partial charge on any atom is 0.251 e. The molecule has 0 aliphatic carbocycles. The fourth-order valence-corrected chi connectivity index (χ4v) is 3.48. The van der Waals surface area contributed by atoms with Gasteiger partial charge in [0.15, 0.2) is 5.82 Å². The van der Waals surface area contributed by atoms with Crippen molar-refractivity contribution < 1.29 is 4.79 Å². The number of fused-ring (bicyclic) bond motifs is 1. The van der Waals surface area contributed by atoms with Crippen LogP contribution in [-0.4, -0.2) is 56.9 Å². The Labute approximate surface area is 187 Å². The second kappa shape index (κ2) is 10.0. The smallest absolute Gasteiger partial charge is 0.251 e. The SMILES string of the molecule is CCN(CC)CCNC(=O)c1ccc(Nc2nccc3[nH]c(-c4ccncc4)nc23)cc1. The highest BCUT2D eigenvalue weighted by atomic mass is 16.1. The van der Waals surface area contributed by atoms with E-state index in [0.29, 0.717) is 17.9 Å². The summed E-state index contributed by atoms with van der Waals surface area (Å²) in [6.45, 7) is 7.68. The van der Waals surface area contributed by atoms with Crippen LogP contribution in [0.15, 0.2) is 61.1 Å². The third-order valence-electron chi connectivity index (χ3n) is 5.37. The second-order valence-corrected chi connectivity index (χ2v) is 7.36. The van der Waals surface area contributed by atoms with Crippen molar-refractivity contribution in [3.05, 3.63) is 66.6 Å². The van der Waals surface area contributed by atoms with Crippen molar-refractivity contribution in [2.45, 2.75) is 13.8 Å². The number of pyridine rings is 2. The second-order valence-electron chi connectivity index (χ2n) is 7.36. The number of nitrogens with zero attached hydrogens (tertiary/aromatic N) is 4. The van der Waals surface area contributed by atoms with Gasteiger partial charge in [-0.25, -0.2) is 9.97 Å². The summed E-state index contributed by atoms with van der Waals surface area (Å²) < 4.78 is 0.